The third-order valence-corrected chi connectivity index (χ3v) is 4.85. The van der Waals surface area contributed by atoms with Crippen molar-refractivity contribution in [2.24, 2.45) is 5.73 Å². The van der Waals surface area contributed by atoms with E-state index >= 15 is 0 Å². The predicted octanol–water partition coefficient (Wildman–Crippen LogP) is 2.70. The highest BCUT2D eigenvalue weighted by atomic mass is 35.5. The Labute approximate surface area is 138 Å². The van der Waals surface area contributed by atoms with Gasteiger partial charge in [0.25, 0.3) is 0 Å². The number of rotatable bonds is 2. The molecule has 0 saturated heterocycles. The average molecular weight is 326 g/mol. The summed E-state index contributed by atoms with van der Waals surface area (Å²) in [6, 6.07) is 15.3. The van der Waals surface area contributed by atoms with E-state index in [-0.39, 0.29) is 0 Å². The van der Waals surface area contributed by atoms with Crippen molar-refractivity contribution in [1.82, 2.24) is 10.3 Å². The number of amides is 1. The molecule has 4 nitrogen and oxygen atoms in total. The van der Waals surface area contributed by atoms with Crippen LogP contribution in [0.4, 0.5) is 0 Å². The molecule has 23 heavy (non-hydrogen) atoms. The number of aromatic amines is 1. The predicted molar refractivity (Wildman–Crippen MR) is 91.4 cm³/mol. The van der Waals surface area contributed by atoms with Crippen LogP contribution >= 0.6 is 11.6 Å². The number of fused-ring (bicyclic) bond motifs is 3. The van der Waals surface area contributed by atoms with E-state index in [1.54, 1.807) is 12.1 Å². The molecule has 2 aromatic carbocycles. The standard InChI is InChI=1S/C18H16ClN3O/c19-12-7-5-11(6-8-12)18(17(20)23)16-14(9-10-21-18)13-3-1-2-4-15(13)22-16/h1-8,21-22H,9-10H2,(H2,20,23). The fourth-order valence-corrected chi connectivity index (χ4v) is 3.67. The Morgan fingerprint density at radius 1 is 1.13 bits per heavy atom. The van der Waals surface area contributed by atoms with Crippen molar-refractivity contribution in [3.63, 3.8) is 0 Å². The first-order valence-corrected chi connectivity index (χ1v) is 7.92. The summed E-state index contributed by atoms with van der Waals surface area (Å²) in [5.74, 6) is -0.424. The molecule has 0 radical (unpaired) electrons. The van der Waals surface area contributed by atoms with Crippen LogP contribution in [0.15, 0.2) is 48.5 Å². The van der Waals surface area contributed by atoms with Gasteiger partial charge in [-0.25, -0.2) is 0 Å². The zero-order valence-corrected chi connectivity index (χ0v) is 13.2. The summed E-state index contributed by atoms with van der Waals surface area (Å²) in [5.41, 5.74) is 8.58. The molecule has 3 aromatic rings. The van der Waals surface area contributed by atoms with E-state index in [4.69, 9.17) is 17.3 Å². The second-order valence-electron chi connectivity index (χ2n) is 5.82. The van der Waals surface area contributed by atoms with Crippen LogP contribution in [0.2, 0.25) is 5.02 Å². The number of hydrogen-bond donors (Lipinski definition) is 3. The number of para-hydroxylation sites is 1. The topological polar surface area (TPSA) is 70.9 Å². The van der Waals surface area contributed by atoms with Gasteiger partial charge >= 0.3 is 0 Å². The Morgan fingerprint density at radius 2 is 1.87 bits per heavy atom. The SMILES string of the molecule is NC(=O)C1(c2ccc(Cl)cc2)NCCc2c1[nH]c1ccccc21. The highest BCUT2D eigenvalue weighted by molar-refractivity contribution is 6.30. The van der Waals surface area contributed by atoms with E-state index in [1.807, 2.05) is 30.3 Å². The van der Waals surface area contributed by atoms with Crippen molar-refractivity contribution in [2.75, 3.05) is 6.54 Å². The molecule has 4 rings (SSSR count). The van der Waals surface area contributed by atoms with E-state index in [0.717, 1.165) is 34.1 Å². The van der Waals surface area contributed by atoms with Crippen LogP contribution in [0.25, 0.3) is 10.9 Å². The fraction of sp³-hybridized carbons (Fsp3) is 0.167. The van der Waals surface area contributed by atoms with Gasteiger partial charge in [-0.1, -0.05) is 41.9 Å². The van der Waals surface area contributed by atoms with E-state index < -0.39 is 11.4 Å². The van der Waals surface area contributed by atoms with Gasteiger partial charge in [-0.3, -0.25) is 10.1 Å². The fourth-order valence-electron chi connectivity index (χ4n) is 3.54. The number of H-pyrrole nitrogens is 1. The van der Waals surface area contributed by atoms with Crippen LogP contribution in [0.3, 0.4) is 0 Å². The lowest BCUT2D eigenvalue weighted by molar-refractivity contribution is -0.123. The average Bonchev–Trinajstić information content (AvgIpc) is 2.94. The minimum Gasteiger partial charge on any atom is -0.367 e. The monoisotopic (exact) mass is 325 g/mol. The minimum atomic E-state index is -1.06. The van der Waals surface area contributed by atoms with Crippen molar-refractivity contribution >= 4 is 28.4 Å². The molecule has 5 heteroatoms. The Kier molecular flexibility index (Phi) is 3.18. The first-order valence-electron chi connectivity index (χ1n) is 7.54. The number of nitrogens with one attached hydrogen (secondary N) is 2. The molecule has 0 bridgehead atoms. The highest BCUT2D eigenvalue weighted by Crippen LogP contribution is 2.38. The third kappa shape index (κ3) is 1.99. The quantitative estimate of drug-likeness (QED) is 0.678. The van der Waals surface area contributed by atoms with E-state index in [1.165, 1.54) is 0 Å². The molecule has 0 aliphatic carbocycles. The number of nitrogens with two attached hydrogens (primary N) is 1. The van der Waals surface area contributed by atoms with Gasteiger partial charge in [0.2, 0.25) is 5.91 Å². The van der Waals surface area contributed by atoms with Gasteiger partial charge in [0.15, 0.2) is 5.54 Å². The summed E-state index contributed by atoms with van der Waals surface area (Å²) in [6.07, 6.45) is 0.849. The normalized spacial score (nSPS) is 20.4. The maximum atomic E-state index is 12.5. The molecule has 1 amide bonds. The van der Waals surface area contributed by atoms with Crippen LogP contribution in [-0.4, -0.2) is 17.4 Å². The minimum absolute atomic E-state index is 0.424. The van der Waals surface area contributed by atoms with Gasteiger partial charge in [0.1, 0.15) is 0 Å². The van der Waals surface area contributed by atoms with Crippen LogP contribution in [0.5, 0.6) is 0 Å². The van der Waals surface area contributed by atoms with Crippen molar-refractivity contribution in [3.8, 4) is 0 Å². The lowest BCUT2D eigenvalue weighted by Crippen LogP contribution is -2.56. The van der Waals surface area contributed by atoms with E-state index in [2.05, 4.69) is 16.4 Å². The number of carbonyl (C=O) groups is 1. The van der Waals surface area contributed by atoms with Gasteiger partial charge in [-0.2, -0.15) is 0 Å². The zero-order chi connectivity index (χ0) is 16.0. The summed E-state index contributed by atoms with van der Waals surface area (Å²) in [4.78, 5) is 15.9. The molecule has 0 saturated carbocycles. The van der Waals surface area contributed by atoms with Crippen LogP contribution in [-0.2, 0) is 16.8 Å². The molecular weight excluding hydrogens is 310 g/mol. The highest BCUT2D eigenvalue weighted by Gasteiger charge is 2.45. The number of aromatic nitrogens is 1. The van der Waals surface area contributed by atoms with Gasteiger partial charge in [-0.05, 0) is 35.7 Å². The Hall–Kier alpha value is -2.30. The molecule has 1 atom stereocenters. The molecule has 0 fully saturated rings. The summed E-state index contributed by atoms with van der Waals surface area (Å²) in [6.45, 7) is 0.681. The Bertz CT molecular complexity index is 900. The lowest BCUT2D eigenvalue weighted by Gasteiger charge is -2.36. The summed E-state index contributed by atoms with van der Waals surface area (Å²) < 4.78 is 0. The Balaban J connectivity index is 2.03. The van der Waals surface area contributed by atoms with Crippen LogP contribution in [0.1, 0.15) is 16.8 Å². The molecule has 1 aliphatic heterocycles. The molecule has 4 N–H and O–H groups in total. The van der Waals surface area contributed by atoms with E-state index in [9.17, 15) is 4.79 Å². The van der Waals surface area contributed by atoms with Gasteiger partial charge in [-0.15, -0.1) is 0 Å². The largest absolute Gasteiger partial charge is 0.367 e. The van der Waals surface area contributed by atoms with Crippen molar-refractivity contribution in [2.45, 2.75) is 12.0 Å². The van der Waals surface area contributed by atoms with Crippen molar-refractivity contribution < 1.29 is 4.79 Å². The van der Waals surface area contributed by atoms with Gasteiger partial charge < -0.3 is 10.7 Å². The van der Waals surface area contributed by atoms with E-state index in [0.29, 0.717) is 11.6 Å². The smallest absolute Gasteiger partial charge is 0.248 e. The number of benzene rings is 2. The molecular formula is C18H16ClN3O. The second kappa shape index (κ2) is 5.11. The maximum absolute atomic E-state index is 12.5. The second-order valence-corrected chi connectivity index (χ2v) is 6.26. The molecule has 2 heterocycles. The number of halogens is 1. The first-order chi connectivity index (χ1) is 11.1. The molecule has 1 aliphatic rings. The van der Waals surface area contributed by atoms with Crippen LogP contribution in [0, 0.1) is 0 Å². The molecule has 0 spiro atoms. The number of carbonyl (C=O) groups excluding carboxylic acids is 1. The molecule has 1 unspecified atom stereocenters. The maximum Gasteiger partial charge on any atom is 0.248 e. The third-order valence-electron chi connectivity index (χ3n) is 4.60. The van der Waals surface area contributed by atoms with Crippen LogP contribution < -0.4 is 11.1 Å². The summed E-state index contributed by atoms with van der Waals surface area (Å²) >= 11 is 6.00. The lowest BCUT2D eigenvalue weighted by atomic mass is 9.80. The number of primary amides is 1. The van der Waals surface area contributed by atoms with Crippen molar-refractivity contribution in [3.05, 3.63) is 70.4 Å². The van der Waals surface area contributed by atoms with Gasteiger partial charge in [0.05, 0.1) is 5.69 Å². The molecule has 116 valence electrons. The number of hydrogen-bond acceptors (Lipinski definition) is 2. The first kappa shape index (κ1) is 14.3. The zero-order valence-electron chi connectivity index (χ0n) is 12.4. The summed E-state index contributed by atoms with van der Waals surface area (Å²) in [7, 11) is 0. The molecule has 1 aromatic heterocycles. The Morgan fingerprint density at radius 3 is 2.61 bits per heavy atom. The van der Waals surface area contributed by atoms with Crippen molar-refractivity contribution in [1.29, 1.82) is 0 Å². The van der Waals surface area contributed by atoms with Gasteiger partial charge in [0, 0.05) is 22.5 Å². The summed E-state index contributed by atoms with van der Waals surface area (Å²) in [5, 5.41) is 5.10.